The molecule has 0 spiro atoms. The topological polar surface area (TPSA) is 300 Å². The molecule has 0 saturated carbocycles. The van der Waals surface area contributed by atoms with Crippen LogP contribution in [0.15, 0.2) is 0 Å². The maximum Gasteiger partial charge on any atom is 4.00 e. The molecule has 0 atom stereocenters. The second-order valence-corrected chi connectivity index (χ2v) is 0. The van der Waals surface area contributed by atoms with Crippen LogP contribution in [0.2, 0.25) is 0 Å². The Morgan fingerprint density at radius 1 is 0.308 bits per heavy atom. The predicted molar refractivity (Wildman–Crippen MR) is 25.1 cm³/mol. The predicted octanol–water partition coefficient (Wildman–Crippen LogP) is -2.15. The number of hydrogen-bond donors (Lipinski definition) is 0. The van der Waals surface area contributed by atoms with E-state index >= 15 is 0 Å². The van der Waals surface area contributed by atoms with Crippen molar-refractivity contribution in [1.29, 1.82) is 0 Å². The average Bonchev–Trinajstić information content (AvgIpc) is 0. The first-order valence-electron chi connectivity index (χ1n) is 0. The Morgan fingerprint density at radius 3 is 0.308 bits per heavy atom. The van der Waals surface area contributed by atoms with Gasteiger partial charge in [-0.15, -0.1) is 0 Å². The molecule has 13 heteroatoms. The van der Waals surface area contributed by atoms with Crippen molar-refractivity contribution in [2.24, 2.45) is 0 Å². The molecule has 3 radical (unpaired) electrons. The largest absolute Gasteiger partial charge is 4.00 e. The van der Waals surface area contributed by atoms with E-state index in [1.54, 1.807) is 0 Å². The standard InChI is InChI=1S/Bi.10H2O.Sm.Zr/h;10*1H2;;/q+3;;;;;;;;;;;+3;+4/p-10. The molecule has 85 valence electrons. The molecule has 0 heterocycles. The van der Waals surface area contributed by atoms with Crippen molar-refractivity contribution in [3.05, 3.63) is 0 Å². The SMILES string of the molecule is [Bi+3].[OH-].[OH-].[OH-].[OH-].[OH-].[OH-].[OH-].[OH-].[OH-].[OH-].[Sm+3].[Zr+4]. The van der Waals surface area contributed by atoms with E-state index in [-0.39, 0.29) is 148 Å². The van der Waals surface area contributed by atoms with Crippen LogP contribution in [0.25, 0.3) is 0 Å². The van der Waals surface area contributed by atoms with Gasteiger partial charge in [-0.25, -0.2) is 0 Å². The fraction of sp³-hybridized carbons (Fsp3) is 0. The molecule has 0 fully saturated rings. The Morgan fingerprint density at radius 2 is 0.308 bits per heavy atom. The van der Waals surface area contributed by atoms with Gasteiger partial charge in [-0.3, -0.25) is 0 Å². The maximum absolute atomic E-state index is 0. The molecule has 0 amide bonds. The molecule has 0 aliphatic carbocycles. The first-order chi connectivity index (χ1) is 0. The first-order valence-corrected chi connectivity index (χ1v) is 0. The molecule has 0 bridgehead atoms. The van der Waals surface area contributed by atoms with Gasteiger partial charge in [0.1, 0.15) is 0 Å². The van der Waals surface area contributed by atoms with Gasteiger partial charge in [0.25, 0.3) is 0 Å². The Balaban J connectivity index is 0. The second kappa shape index (κ2) is 378. The van der Waals surface area contributed by atoms with Gasteiger partial charge in [0.2, 0.25) is 0 Å². The van der Waals surface area contributed by atoms with Crippen molar-refractivity contribution in [2.45, 2.75) is 0 Å². The third kappa shape index (κ3) is 325. The Labute approximate surface area is 145 Å². The average molecular weight is 621 g/mol. The van der Waals surface area contributed by atoms with E-state index in [4.69, 9.17) is 0 Å². The van der Waals surface area contributed by atoms with Crippen molar-refractivity contribution in [1.82, 2.24) is 0 Å². The van der Waals surface area contributed by atoms with E-state index in [2.05, 4.69) is 0 Å². The van der Waals surface area contributed by atoms with Gasteiger partial charge in [-0.2, -0.15) is 0 Å². The first kappa shape index (κ1) is 464. The van der Waals surface area contributed by atoms with Crippen molar-refractivity contribution in [3.63, 3.8) is 0 Å². The number of hydrogen-bond acceptors (Lipinski definition) is 10. The summed E-state index contributed by atoms with van der Waals surface area (Å²) in [6.45, 7) is 0. The van der Waals surface area contributed by atoms with Crippen molar-refractivity contribution < 1.29 is 121 Å². The van der Waals surface area contributed by atoms with Crippen LogP contribution in [-0.4, -0.2) is 81.0 Å². The van der Waals surface area contributed by atoms with E-state index in [1.807, 2.05) is 0 Å². The zero-order valence-corrected chi connectivity index (χ0v) is 14.4. The fourth-order valence-corrected chi connectivity index (χ4v) is 0. The van der Waals surface area contributed by atoms with Crippen LogP contribution in [0.4, 0.5) is 0 Å². The van der Waals surface area contributed by atoms with Crippen LogP contribution in [0.5, 0.6) is 0 Å². The van der Waals surface area contributed by atoms with E-state index in [0.717, 1.165) is 0 Å². The molecule has 0 aromatic carbocycles. The Hall–Kier alpha value is 2.70. The zero-order chi connectivity index (χ0) is 0. The summed E-state index contributed by atoms with van der Waals surface area (Å²) in [5.74, 6) is 0. The van der Waals surface area contributed by atoms with Crippen LogP contribution in [0.3, 0.4) is 0 Å². The van der Waals surface area contributed by atoms with Gasteiger partial charge in [0.15, 0.2) is 0 Å². The molecule has 0 aliphatic rings. The summed E-state index contributed by atoms with van der Waals surface area (Å²) < 4.78 is 0. The third-order valence-electron chi connectivity index (χ3n) is 0. The summed E-state index contributed by atoms with van der Waals surface area (Å²) in [5, 5.41) is 0. The van der Waals surface area contributed by atoms with E-state index in [1.165, 1.54) is 0 Å². The van der Waals surface area contributed by atoms with Crippen LogP contribution < -0.4 is 0 Å². The van der Waals surface area contributed by atoms with Crippen molar-refractivity contribution >= 4 is 26.2 Å². The van der Waals surface area contributed by atoms with Gasteiger partial charge in [-0.1, -0.05) is 0 Å². The molecule has 0 aromatic rings. The minimum atomic E-state index is 0. The molecular formula is H10BiO10SmZr. The van der Waals surface area contributed by atoms with Gasteiger partial charge < -0.3 is 54.8 Å². The molecule has 10 nitrogen and oxygen atoms in total. The second-order valence-electron chi connectivity index (χ2n) is 0. The summed E-state index contributed by atoms with van der Waals surface area (Å²) in [4.78, 5) is 0. The maximum atomic E-state index is 0. The van der Waals surface area contributed by atoms with Crippen molar-refractivity contribution in [2.75, 3.05) is 0 Å². The summed E-state index contributed by atoms with van der Waals surface area (Å²) in [7, 11) is 0. The minimum Gasteiger partial charge on any atom is -0.870 e. The fourth-order valence-electron chi connectivity index (χ4n) is 0. The van der Waals surface area contributed by atoms with Gasteiger partial charge in [-0.05, 0) is 0 Å². The molecule has 0 unspecified atom stereocenters. The Bertz CT molecular complexity index is 14.9. The molecule has 0 aliphatic heterocycles. The van der Waals surface area contributed by atoms with E-state index < -0.39 is 0 Å². The van der Waals surface area contributed by atoms with E-state index in [9.17, 15) is 0 Å². The van der Waals surface area contributed by atoms with Crippen LogP contribution >= 0.6 is 0 Å². The summed E-state index contributed by atoms with van der Waals surface area (Å²) in [5.41, 5.74) is 0. The third-order valence-corrected chi connectivity index (χ3v) is 0. The monoisotopic (exact) mass is 621 g/mol. The van der Waals surface area contributed by atoms with Gasteiger partial charge in [0, 0.05) is 0 Å². The normalized spacial score (nSPS) is 0. The molecule has 0 rings (SSSR count). The molecule has 0 saturated heterocycles. The summed E-state index contributed by atoms with van der Waals surface area (Å²) in [6, 6.07) is 0. The summed E-state index contributed by atoms with van der Waals surface area (Å²) >= 11 is 0. The summed E-state index contributed by atoms with van der Waals surface area (Å²) in [6.07, 6.45) is 0. The van der Waals surface area contributed by atoms with Crippen LogP contribution in [-0.2, 0) is 26.2 Å². The van der Waals surface area contributed by atoms with Gasteiger partial charge >= 0.3 is 92.8 Å². The Kier molecular flexibility index (Phi) is 13500. The molecule has 13 heavy (non-hydrogen) atoms. The van der Waals surface area contributed by atoms with Crippen LogP contribution in [0.1, 0.15) is 0 Å². The molecule has 10 N–H and O–H groups in total. The van der Waals surface area contributed by atoms with Crippen molar-refractivity contribution in [3.8, 4) is 0 Å². The minimum absolute atomic E-state index is 0. The zero-order valence-electron chi connectivity index (χ0n) is 5.83. The molecular weight excluding hydrogens is 611 g/mol. The smallest absolute Gasteiger partial charge is 0.870 e. The molecule has 0 aromatic heterocycles. The van der Waals surface area contributed by atoms with Crippen LogP contribution in [0, 0.1) is 40.4 Å². The quantitative estimate of drug-likeness (QED) is 0.264. The van der Waals surface area contributed by atoms with Gasteiger partial charge in [0.05, 0.1) is 0 Å². The number of rotatable bonds is 0. The van der Waals surface area contributed by atoms with E-state index in [0.29, 0.717) is 0 Å².